The van der Waals surface area contributed by atoms with Crippen molar-refractivity contribution in [3.05, 3.63) is 54.1 Å². The van der Waals surface area contributed by atoms with Crippen LogP contribution in [0.15, 0.2) is 48.5 Å². The minimum absolute atomic E-state index is 0.0290. The highest BCUT2D eigenvalue weighted by Crippen LogP contribution is 2.37. The van der Waals surface area contributed by atoms with Crippen molar-refractivity contribution in [2.75, 3.05) is 30.9 Å². The Labute approximate surface area is 172 Å². The van der Waals surface area contributed by atoms with E-state index in [9.17, 15) is 22.8 Å². The Morgan fingerprint density at radius 3 is 2.57 bits per heavy atom. The molecule has 0 aromatic heterocycles. The van der Waals surface area contributed by atoms with Gasteiger partial charge in [-0.2, -0.15) is 13.2 Å². The molecule has 30 heavy (non-hydrogen) atoms. The predicted molar refractivity (Wildman–Crippen MR) is 106 cm³/mol. The SMILES string of the molecule is COc1ccccc1CN(C)CC(=O)N1c2ccccc2NC(=O)C[C@@H]1C(F)(F)F. The highest BCUT2D eigenvalue weighted by Gasteiger charge is 2.49. The summed E-state index contributed by atoms with van der Waals surface area (Å²) in [5, 5.41) is 2.45. The van der Waals surface area contributed by atoms with Gasteiger partial charge in [0.05, 0.1) is 31.5 Å². The number of carbonyl (C=O) groups excluding carboxylic acids is 2. The highest BCUT2D eigenvalue weighted by atomic mass is 19.4. The second kappa shape index (κ2) is 8.74. The number of anilines is 2. The first-order valence-corrected chi connectivity index (χ1v) is 9.28. The fourth-order valence-corrected chi connectivity index (χ4v) is 3.48. The standard InChI is InChI=1S/C21H22F3N3O3/c1-26(12-14-7-3-6-10-17(14)30-2)13-20(29)27-16-9-5-4-8-15(16)25-19(28)11-18(27)21(22,23)24/h3-10,18H,11-13H2,1-2H3,(H,25,28)/t18-/m1/s1. The summed E-state index contributed by atoms with van der Waals surface area (Å²) in [6.07, 6.45) is -5.62. The lowest BCUT2D eigenvalue weighted by Gasteiger charge is -2.33. The van der Waals surface area contributed by atoms with Gasteiger partial charge in [-0.3, -0.25) is 19.4 Å². The highest BCUT2D eigenvalue weighted by molar-refractivity contribution is 6.05. The molecule has 1 atom stereocenters. The van der Waals surface area contributed by atoms with Crippen LogP contribution in [0.4, 0.5) is 24.5 Å². The number of carbonyl (C=O) groups is 2. The van der Waals surface area contributed by atoms with E-state index < -0.39 is 30.5 Å². The summed E-state index contributed by atoms with van der Waals surface area (Å²) < 4.78 is 46.6. The summed E-state index contributed by atoms with van der Waals surface area (Å²) in [6.45, 7) is 0.0340. The van der Waals surface area contributed by atoms with Crippen molar-refractivity contribution in [2.45, 2.75) is 25.2 Å². The van der Waals surface area contributed by atoms with Crippen LogP contribution in [-0.4, -0.2) is 49.6 Å². The average Bonchev–Trinajstić information content (AvgIpc) is 2.83. The number of halogens is 3. The molecular weight excluding hydrogens is 399 g/mol. The molecule has 2 amide bonds. The zero-order valence-corrected chi connectivity index (χ0v) is 16.6. The lowest BCUT2D eigenvalue weighted by Crippen LogP contribution is -2.52. The number of hydrogen-bond acceptors (Lipinski definition) is 4. The number of nitrogens with zero attached hydrogens (tertiary/aromatic N) is 2. The molecule has 2 aromatic rings. The van der Waals surface area contributed by atoms with Gasteiger partial charge in [-0.05, 0) is 25.2 Å². The molecule has 1 aliphatic rings. The van der Waals surface area contributed by atoms with E-state index in [1.807, 2.05) is 12.1 Å². The number of benzene rings is 2. The van der Waals surface area contributed by atoms with Crippen molar-refractivity contribution in [2.24, 2.45) is 0 Å². The number of likely N-dealkylation sites (N-methyl/N-ethyl adjacent to an activating group) is 1. The fraction of sp³-hybridized carbons (Fsp3) is 0.333. The van der Waals surface area contributed by atoms with Crippen molar-refractivity contribution < 1.29 is 27.5 Å². The number of methoxy groups -OCH3 is 1. The number of amides is 2. The smallest absolute Gasteiger partial charge is 0.409 e. The van der Waals surface area contributed by atoms with Crippen LogP contribution in [0.5, 0.6) is 5.75 Å². The first-order valence-electron chi connectivity index (χ1n) is 9.28. The van der Waals surface area contributed by atoms with Crippen LogP contribution >= 0.6 is 0 Å². The number of rotatable bonds is 5. The molecule has 0 aliphatic carbocycles. The number of ether oxygens (including phenoxy) is 1. The van der Waals surface area contributed by atoms with E-state index in [2.05, 4.69) is 5.32 Å². The maximum absolute atomic E-state index is 13.8. The Balaban J connectivity index is 1.88. The molecule has 160 valence electrons. The second-order valence-corrected chi connectivity index (χ2v) is 7.07. The Kier molecular flexibility index (Phi) is 6.31. The number of fused-ring (bicyclic) bond motifs is 1. The monoisotopic (exact) mass is 421 g/mol. The van der Waals surface area contributed by atoms with E-state index in [-0.39, 0.29) is 17.9 Å². The molecule has 2 aromatic carbocycles. The van der Waals surface area contributed by atoms with Crippen LogP contribution in [0, 0.1) is 0 Å². The topological polar surface area (TPSA) is 61.9 Å². The lowest BCUT2D eigenvalue weighted by atomic mass is 10.1. The van der Waals surface area contributed by atoms with Crippen LogP contribution in [0.3, 0.4) is 0 Å². The van der Waals surface area contributed by atoms with Gasteiger partial charge >= 0.3 is 6.18 Å². The van der Waals surface area contributed by atoms with Crippen LogP contribution in [0.1, 0.15) is 12.0 Å². The summed E-state index contributed by atoms with van der Waals surface area (Å²) in [6, 6.07) is 11.0. The lowest BCUT2D eigenvalue weighted by molar-refractivity contribution is -0.158. The molecule has 1 aliphatic heterocycles. The Morgan fingerprint density at radius 2 is 1.87 bits per heavy atom. The van der Waals surface area contributed by atoms with Crippen molar-refractivity contribution in [3.8, 4) is 5.75 Å². The number of alkyl halides is 3. The van der Waals surface area contributed by atoms with Crippen LogP contribution in [0.25, 0.3) is 0 Å². The maximum Gasteiger partial charge on any atom is 0.409 e. The minimum atomic E-state index is -4.76. The average molecular weight is 421 g/mol. The molecule has 1 N–H and O–H groups in total. The van der Waals surface area contributed by atoms with E-state index in [4.69, 9.17) is 4.74 Å². The molecule has 0 saturated carbocycles. The van der Waals surface area contributed by atoms with E-state index >= 15 is 0 Å². The van der Waals surface area contributed by atoms with Gasteiger partial charge in [-0.1, -0.05) is 30.3 Å². The molecule has 0 spiro atoms. The maximum atomic E-state index is 13.8. The predicted octanol–water partition coefficient (Wildman–Crippen LogP) is 3.43. The van der Waals surface area contributed by atoms with Gasteiger partial charge in [0.2, 0.25) is 11.8 Å². The largest absolute Gasteiger partial charge is 0.496 e. The summed E-state index contributed by atoms with van der Waals surface area (Å²) in [7, 11) is 3.16. The van der Waals surface area contributed by atoms with Gasteiger partial charge in [-0.25, -0.2) is 0 Å². The Bertz CT molecular complexity index is 933. The zero-order valence-electron chi connectivity index (χ0n) is 16.6. The third-order valence-corrected chi connectivity index (χ3v) is 4.81. The minimum Gasteiger partial charge on any atom is -0.496 e. The van der Waals surface area contributed by atoms with Gasteiger partial charge in [0.15, 0.2) is 0 Å². The molecule has 0 saturated heterocycles. The van der Waals surface area contributed by atoms with E-state index in [0.717, 1.165) is 5.56 Å². The van der Waals surface area contributed by atoms with E-state index in [0.29, 0.717) is 17.2 Å². The normalized spacial score (nSPS) is 16.7. The number of hydrogen-bond donors (Lipinski definition) is 1. The molecule has 6 nitrogen and oxygen atoms in total. The van der Waals surface area contributed by atoms with Crippen LogP contribution < -0.4 is 15.0 Å². The Morgan fingerprint density at radius 1 is 1.20 bits per heavy atom. The van der Waals surface area contributed by atoms with E-state index in [1.54, 1.807) is 30.1 Å². The zero-order chi connectivity index (χ0) is 21.9. The molecule has 1 heterocycles. The van der Waals surface area contributed by atoms with Crippen molar-refractivity contribution >= 4 is 23.2 Å². The van der Waals surface area contributed by atoms with Gasteiger partial charge < -0.3 is 10.1 Å². The molecular formula is C21H22F3N3O3. The van der Waals surface area contributed by atoms with Crippen LogP contribution in [-0.2, 0) is 16.1 Å². The third-order valence-electron chi connectivity index (χ3n) is 4.81. The van der Waals surface area contributed by atoms with Crippen molar-refractivity contribution in [1.29, 1.82) is 0 Å². The van der Waals surface area contributed by atoms with Gasteiger partial charge in [-0.15, -0.1) is 0 Å². The molecule has 9 heteroatoms. The van der Waals surface area contributed by atoms with E-state index in [1.165, 1.54) is 25.3 Å². The molecule has 0 bridgehead atoms. The van der Waals surface area contributed by atoms with Crippen LogP contribution in [0.2, 0.25) is 0 Å². The van der Waals surface area contributed by atoms with Crippen molar-refractivity contribution in [1.82, 2.24) is 4.90 Å². The van der Waals surface area contributed by atoms with Gasteiger partial charge in [0.1, 0.15) is 11.8 Å². The van der Waals surface area contributed by atoms with Gasteiger partial charge in [0.25, 0.3) is 0 Å². The quantitative estimate of drug-likeness (QED) is 0.804. The summed E-state index contributed by atoms with van der Waals surface area (Å²) >= 11 is 0. The second-order valence-electron chi connectivity index (χ2n) is 7.07. The molecule has 0 fully saturated rings. The first-order chi connectivity index (χ1) is 14.2. The number of para-hydroxylation sites is 3. The summed E-state index contributed by atoms with van der Waals surface area (Å²) in [4.78, 5) is 27.4. The van der Waals surface area contributed by atoms with Crippen molar-refractivity contribution in [3.63, 3.8) is 0 Å². The first kappa shape index (κ1) is 21.6. The van der Waals surface area contributed by atoms with Gasteiger partial charge in [0, 0.05) is 12.1 Å². The molecule has 0 radical (unpaired) electrons. The fourth-order valence-electron chi connectivity index (χ4n) is 3.48. The molecule has 3 rings (SSSR count). The molecule has 0 unspecified atom stereocenters. The third kappa shape index (κ3) is 4.73. The summed E-state index contributed by atoms with van der Waals surface area (Å²) in [5.41, 5.74) is 1.01. The number of nitrogens with one attached hydrogen (secondary N) is 1. The Hall–Kier alpha value is -3.07. The summed E-state index contributed by atoms with van der Waals surface area (Å²) in [5.74, 6) is -0.916.